The third-order valence-corrected chi connectivity index (χ3v) is 3.50. The number of hydrogen-bond donors (Lipinski definition) is 2. The lowest BCUT2D eigenvalue weighted by molar-refractivity contribution is 0.451. The second-order valence-electron chi connectivity index (χ2n) is 4.19. The Bertz CT molecular complexity index is 336. The van der Waals surface area contributed by atoms with Crippen molar-refractivity contribution in [2.24, 2.45) is 0 Å². The molecule has 0 bridgehead atoms. The number of phenolic OH excluding ortho intramolecular Hbond substituents is 1. The third kappa shape index (κ3) is 2.27. The first kappa shape index (κ1) is 10.8. The second kappa shape index (κ2) is 4.42. The molecule has 0 aromatic heterocycles. The molecule has 1 atom stereocenters. The Hall–Kier alpha value is -0.730. The van der Waals surface area contributed by atoms with Crippen molar-refractivity contribution in [1.82, 2.24) is 5.32 Å². The Balaban J connectivity index is 2.27. The van der Waals surface area contributed by atoms with Crippen molar-refractivity contribution in [3.8, 4) is 5.75 Å². The molecular weight excluding hydrogens is 210 g/mol. The van der Waals surface area contributed by atoms with Crippen LogP contribution in [0.1, 0.15) is 29.9 Å². The zero-order valence-electron chi connectivity index (χ0n) is 8.89. The lowest BCUT2D eigenvalue weighted by Gasteiger charge is -2.23. The highest BCUT2D eigenvalue weighted by molar-refractivity contribution is 6.31. The van der Waals surface area contributed by atoms with E-state index in [9.17, 15) is 5.11 Å². The Morgan fingerprint density at radius 2 is 2.27 bits per heavy atom. The van der Waals surface area contributed by atoms with Gasteiger partial charge in [-0.05, 0) is 49.9 Å². The van der Waals surface area contributed by atoms with Crippen molar-refractivity contribution in [2.75, 3.05) is 13.1 Å². The van der Waals surface area contributed by atoms with Gasteiger partial charge >= 0.3 is 0 Å². The fourth-order valence-electron chi connectivity index (χ4n) is 2.06. The molecular formula is C12H16ClNO. The Kier molecular flexibility index (Phi) is 3.17. The van der Waals surface area contributed by atoms with Gasteiger partial charge in [0.25, 0.3) is 0 Å². The van der Waals surface area contributed by atoms with E-state index in [0.717, 1.165) is 24.2 Å². The van der Waals surface area contributed by atoms with E-state index in [-0.39, 0.29) is 0 Å². The number of piperidine rings is 1. The quantitative estimate of drug-likeness (QED) is 0.771. The molecule has 2 nitrogen and oxygen atoms in total. The number of halogens is 1. The molecule has 15 heavy (non-hydrogen) atoms. The van der Waals surface area contributed by atoms with Crippen LogP contribution >= 0.6 is 11.6 Å². The van der Waals surface area contributed by atoms with Crippen molar-refractivity contribution < 1.29 is 5.11 Å². The zero-order valence-corrected chi connectivity index (χ0v) is 9.64. The van der Waals surface area contributed by atoms with Crippen LogP contribution in [0.5, 0.6) is 5.75 Å². The van der Waals surface area contributed by atoms with E-state index >= 15 is 0 Å². The average molecular weight is 226 g/mol. The average Bonchev–Trinajstić information content (AvgIpc) is 2.26. The summed E-state index contributed by atoms with van der Waals surface area (Å²) in [6.07, 6.45) is 2.36. The lowest BCUT2D eigenvalue weighted by Crippen LogP contribution is -2.28. The highest BCUT2D eigenvalue weighted by atomic mass is 35.5. The smallest absolute Gasteiger partial charge is 0.120 e. The van der Waals surface area contributed by atoms with Gasteiger partial charge in [-0.25, -0.2) is 0 Å². The monoisotopic (exact) mass is 225 g/mol. The maximum atomic E-state index is 9.71. The summed E-state index contributed by atoms with van der Waals surface area (Å²) in [6.45, 7) is 3.92. The van der Waals surface area contributed by atoms with E-state index in [4.69, 9.17) is 11.6 Å². The summed E-state index contributed by atoms with van der Waals surface area (Å²) in [6, 6.07) is 3.83. The van der Waals surface area contributed by atoms with E-state index in [2.05, 4.69) is 5.32 Å². The number of rotatable bonds is 1. The van der Waals surface area contributed by atoms with Crippen LogP contribution in [0.25, 0.3) is 0 Å². The van der Waals surface area contributed by atoms with Gasteiger partial charge in [0.1, 0.15) is 5.75 Å². The van der Waals surface area contributed by atoms with Crippen molar-refractivity contribution in [3.05, 3.63) is 28.3 Å². The molecule has 3 heteroatoms. The molecule has 0 aliphatic carbocycles. The second-order valence-corrected chi connectivity index (χ2v) is 4.60. The first-order valence-electron chi connectivity index (χ1n) is 5.38. The van der Waals surface area contributed by atoms with Crippen LogP contribution in [0.3, 0.4) is 0 Å². The molecule has 1 aliphatic heterocycles. The molecule has 1 unspecified atom stereocenters. The first-order valence-corrected chi connectivity index (χ1v) is 5.76. The summed E-state index contributed by atoms with van der Waals surface area (Å²) in [7, 11) is 0. The Morgan fingerprint density at radius 3 is 2.87 bits per heavy atom. The van der Waals surface area contributed by atoms with Crippen molar-refractivity contribution in [1.29, 1.82) is 0 Å². The van der Waals surface area contributed by atoms with Crippen LogP contribution < -0.4 is 5.32 Å². The fraction of sp³-hybridized carbons (Fsp3) is 0.500. The van der Waals surface area contributed by atoms with Crippen molar-refractivity contribution in [3.63, 3.8) is 0 Å². The number of nitrogens with one attached hydrogen (secondary N) is 1. The Morgan fingerprint density at radius 1 is 1.47 bits per heavy atom. The summed E-state index contributed by atoms with van der Waals surface area (Å²) in [4.78, 5) is 0. The first-order chi connectivity index (χ1) is 7.18. The van der Waals surface area contributed by atoms with Gasteiger partial charge in [-0.2, -0.15) is 0 Å². The van der Waals surface area contributed by atoms with Gasteiger partial charge < -0.3 is 10.4 Å². The molecule has 1 heterocycles. The highest BCUT2D eigenvalue weighted by Crippen LogP contribution is 2.32. The lowest BCUT2D eigenvalue weighted by atomic mass is 9.91. The van der Waals surface area contributed by atoms with Crippen LogP contribution in [0.2, 0.25) is 5.02 Å². The molecule has 0 amide bonds. The summed E-state index contributed by atoms with van der Waals surface area (Å²) < 4.78 is 0. The number of aromatic hydroxyl groups is 1. The molecule has 1 fully saturated rings. The minimum atomic E-state index is 0.308. The zero-order chi connectivity index (χ0) is 10.8. The molecule has 0 saturated carbocycles. The number of hydrogen-bond acceptors (Lipinski definition) is 2. The maximum absolute atomic E-state index is 9.71. The third-order valence-electron chi connectivity index (χ3n) is 3.11. The molecule has 0 spiro atoms. The van der Waals surface area contributed by atoms with Crippen molar-refractivity contribution >= 4 is 11.6 Å². The maximum Gasteiger partial charge on any atom is 0.120 e. The van der Waals surface area contributed by atoms with Crippen molar-refractivity contribution in [2.45, 2.75) is 25.7 Å². The van der Waals surface area contributed by atoms with Gasteiger partial charge in [0.05, 0.1) is 0 Å². The normalized spacial score (nSPS) is 21.6. The number of benzene rings is 1. The summed E-state index contributed by atoms with van der Waals surface area (Å²) in [5.41, 5.74) is 1.92. The molecule has 1 aromatic rings. The molecule has 0 radical (unpaired) electrons. The largest absolute Gasteiger partial charge is 0.508 e. The summed E-state index contributed by atoms with van der Waals surface area (Å²) in [5.74, 6) is 0.797. The molecule has 1 aromatic carbocycles. The Labute approximate surface area is 95.3 Å². The molecule has 82 valence electrons. The van der Waals surface area contributed by atoms with Crippen LogP contribution in [0.15, 0.2) is 12.1 Å². The van der Waals surface area contributed by atoms with Crippen LogP contribution in [0, 0.1) is 6.92 Å². The topological polar surface area (TPSA) is 32.3 Å². The summed E-state index contributed by atoms with van der Waals surface area (Å²) >= 11 is 6.06. The SMILES string of the molecule is Cc1c(O)cc(C2CCCNC2)cc1Cl. The summed E-state index contributed by atoms with van der Waals surface area (Å²) in [5, 5.41) is 13.7. The molecule has 2 N–H and O–H groups in total. The molecule has 1 saturated heterocycles. The standard InChI is InChI=1S/C12H16ClNO/c1-8-11(13)5-10(6-12(8)15)9-3-2-4-14-7-9/h5-6,9,14-15H,2-4,7H2,1H3. The van der Waals surface area contributed by atoms with Gasteiger partial charge in [-0.3, -0.25) is 0 Å². The van der Waals surface area contributed by atoms with Gasteiger partial charge in [-0.15, -0.1) is 0 Å². The van der Waals surface area contributed by atoms with E-state index < -0.39 is 0 Å². The van der Waals surface area contributed by atoms with E-state index in [1.807, 2.05) is 19.1 Å². The van der Waals surface area contributed by atoms with Gasteiger partial charge in [0.2, 0.25) is 0 Å². The molecule has 1 aliphatic rings. The minimum absolute atomic E-state index is 0.308. The van der Waals surface area contributed by atoms with E-state index in [0.29, 0.717) is 16.7 Å². The van der Waals surface area contributed by atoms with E-state index in [1.165, 1.54) is 12.8 Å². The van der Waals surface area contributed by atoms with Gasteiger partial charge in [0, 0.05) is 17.1 Å². The highest BCUT2D eigenvalue weighted by Gasteiger charge is 2.17. The predicted molar refractivity (Wildman–Crippen MR) is 62.7 cm³/mol. The van der Waals surface area contributed by atoms with Crippen LogP contribution in [-0.2, 0) is 0 Å². The molecule has 2 rings (SSSR count). The predicted octanol–water partition coefficient (Wildman–Crippen LogP) is 2.82. The van der Waals surface area contributed by atoms with Gasteiger partial charge in [-0.1, -0.05) is 11.6 Å². The number of phenols is 1. The minimum Gasteiger partial charge on any atom is -0.508 e. The van der Waals surface area contributed by atoms with Crippen LogP contribution in [-0.4, -0.2) is 18.2 Å². The van der Waals surface area contributed by atoms with Crippen LogP contribution in [0.4, 0.5) is 0 Å². The van der Waals surface area contributed by atoms with E-state index in [1.54, 1.807) is 0 Å². The van der Waals surface area contributed by atoms with Gasteiger partial charge in [0.15, 0.2) is 0 Å². The fourth-order valence-corrected chi connectivity index (χ4v) is 2.28.